The maximum Gasteiger partial charge on any atom is 0.263 e. The van der Waals surface area contributed by atoms with Crippen LogP contribution < -0.4 is 0 Å². The molecule has 2 aromatic heterocycles. The summed E-state index contributed by atoms with van der Waals surface area (Å²) in [4.78, 5) is 13.3. The summed E-state index contributed by atoms with van der Waals surface area (Å²) in [7, 11) is 0. The van der Waals surface area contributed by atoms with Gasteiger partial charge in [0, 0.05) is 12.5 Å². The van der Waals surface area contributed by atoms with Gasteiger partial charge in [-0.05, 0) is 46.2 Å². The van der Waals surface area contributed by atoms with Crippen LogP contribution in [0.15, 0.2) is 49.6 Å². The van der Waals surface area contributed by atoms with Crippen molar-refractivity contribution in [3.63, 3.8) is 0 Å². The molecule has 2 heterocycles. The summed E-state index contributed by atoms with van der Waals surface area (Å²) in [6.07, 6.45) is 1.88. The van der Waals surface area contributed by atoms with Crippen LogP contribution in [-0.2, 0) is 6.42 Å². The minimum Gasteiger partial charge on any atom is -0.431 e. The molecule has 0 saturated carbocycles. The Morgan fingerprint density at radius 3 is 2.85 bits per heavy atom. The minimum absolute atomic E-state index is 0.597. The fraction of sp³-hybridized carbons (Fsp3) is 0.214. The Bertz CT molecular complexity index is 711. The van der Waals surface area contributed by atoms with Crippen LogP contribution in [0.2, 0.25) is 0 Å². The summed E-state index contributed by atoms with van der Waals surface area (Å²) in [6.45, 7) is 2.11. The average Bonchev–Trinajstić information content (AvgIpc) is 2.80. The number of hydrogen-bond donors (Lipinski definition) is 0. The number of fused-ring (bicyclic) bond motifs is 1. The fourth-order valence-corrected chi connectivity index (χ4v) is 3.16. The smallest absolute Gasteiger partial charge is 0.263 e. The average molecular weight is 350 g/mol. The highest BCUT2D eigenvalue weighted by atomic mass is 79.9. The van der Waals surface area contributed by atoms with Crippen LogP contribution in [0.5, 0.6) is 0 Å². The van der Waals surface area contributed by atoms with E-state index >= 15 is 0 Å². The molecule has 0 spiro atoms. The van der Waals surface area contributed by atoms with Crippen molar-refractivity contribution >= 4 is 38.8 Å². The van der Waals surface area contributed by atoms with Gasteiger partial charge in [0.15, 0.2) is 5.58 Å². The molecule has 0 atom stereocenters. The summed E-state index contributed by atoms with van der Waals surface area (Å²) >= 11 is 4.82. The molecule has 0 unspecified atom stereocenters. The highest BCUT2D eigenvalue weighted by Crippen LogP contribution is 2.29. The molecular formula is C14H12BrN3OS. The molecule has 3 rings (SSSR count). The van der Waals surface area contributed by atoms with Gasteiger partial charge in [0.1, 0.15) is 21.0 Å². The van der Waals surface area contributed by atoms with Crippen molar-refractivity contribution in [2.24, 2.45) is 0 Å². The van der Waals surface area contributed by atoms with Gasteiger partial charge in [-0.3, -0.25) is 0 Å². The van der Waals surface area contributed by atoms with E-state index in [1.165, 1.54) is 11.8 Å². The van der Waals surface area contributed by atoms with Crippen molar-refractivity contribution in [1.82, 2.24) is 15.0 Å². The van der Waals surface area contributed by atoms with E-state index in [9.17, 15) is 0 Å². The lowest BCUT2D eigenvalue weighted by Gasteiger charge is -2.01. The van der Waals surface area contributed by atoms with Crippen molar-refractivity contribution in [1.29, 1.82) is 0 Å². The minimum atomic E-state index is 0.597. The van der Waals surface area contributed by atoms with E-state index in [4.69, 9.17) is 4.42 Å². The van der Waals surface area contributed by atoms with Gasteiger partial charge in [0.25, 0.3) is 5.22 Å². The number of aromatic nitrogens is 3. The molecule has 0 radical (unpaired) electrons. The van der Waals surface area contributed by atoms with Crippen molar-refractivity contribution in [3.05, 3.63) is 40.8 Å². The zero-order valence-corrected chi connectivity index (χ0v) is 13.2. The first kappa shape index (κ1) is 13.6. The number of hydrogen-bond acceptors (Lipinski definition) is 5. The first-order valence-electron chi connectivity index (χ1n) is 6.31. The summed E-state index contributed by atoms with van der Waals surface area (Å²) in [5.74, 6) is 0.834. The molecular weight excluding hydrogens is 338 g/mol. The SMILES string of the molecule is CCCc1nc(Br)cc(Sc2nc3ccccc3o2)n1. The summed E-state index contributed by atoms with van der Waals surface area (Å²) in [5.41, 5.74) is 1.65. The van der Waals surface area contributed by atoms with Gasteiger partial charge in [0.2, 0.25) is 0 Å². The van der Waals surface area contributed by atoms with Crippen molar-refractivity contribution in [2.75, 3.05) is 0 Å². The van der Waals surface area contributed by atoms with Gasteiger partial charge < -0.3 is 4.42 Å². The number of rotatable bonds is 4. The zero-order chi connectivity index (χ0) is 13.9. The third-order valence-electron chi connectivity index (χ3n) is 2.66. The molecule has 20 heavy (non-hydrogen) atoms. The Morgan fingerprint density at radius 2 is 2.05 bits per heavy atom. The first-order valence-corrected chi connectivity index (χ1v) is 7.92. The molecule has 1 aromatic carbocycles. The second-order valence-electron chi connectivity index (χ2n) is 4.24. The summed E-state index contributed by atoms with van der Waals surface area (Å²) < 4.78 is 6.47. The molecule has 0 aliphatic carbocycles. The molecule has 0 aliphatic rings. The van der Waals surface area contributed by atoms with Crippen molar-refractivity contribution in [2.45, 2.75) is 30.0 Å². The summed E-state index contributed by atoms with van der Waals surface area (Å²) in [5, 5.41) is 1.43. The van der Waals surface area contributed by atoms with E-state index in [2.05, 4.69) is 37.8 Å². The van der Waals surface area contributed by atoms with Crippen LogP contribution in [0, 0.1) is 0 Å². The molecule has 0 bridgehead atoms. The Morgan fingerprint density at radius 1 is 1.20 bits per heavy atom. The van der Waals surface area contributed by atoms with Gasteiger partial charge in [0.05, 0.1) is 0 Å². The van der Waals surface area contributed by atoms with Gasteiger partial charge in [-0.15, -0.1) is 0 Å². The van der Waals surface area contributed by atoms with E-state index in [0.29, 0.717) is 5.22 Å². The fourth-order valence-electron chi connectivity index (χ4n) is 1.81. The molecule has 3 aromatic rings. The van der Waals surface area contributed by atoms with E-state index in [1.54, 1.807) is 0 Å². The number of nitrogens with zero attached hydrogens (tertiary/aromatic N) is 3. The van der Waals surface area contributed by atoms with Gasteiger partial charge >= 0.3 is 0 Å². The Balaban J connectivity index is 1.90. The molecule has 0 fully saturated rings. The quantitative estimate of drug-likeness (QED) is 0.649. The van der Waals surface area contributed by atoms with Crippen LogP contribution in [0.4, 0.5) is 0 Å². The number of para-hydroxylation sites is 2. The van der Waals surface area contributed by atoms with Crippen LogP contribution in [0.25, 0.3) is 11.1 Å². The van der Waals surface area contributed by atoms with Gasteiger partial charge in [-0.25, -0.2) is 15.0 Å². The molecule has 102 valence electrons. The highest BCUT2D eigenvalue weighted by Gasteiger charge is 2.10. The molecule has 0 aliphatic heterocycles. The topological polar surface area (TPSA) is 51.8 Å². The largest absolute Gasteiger partial charge is 0.431 e. The highest BCUT2D eigenvalue weighted by molar-refractivity contribution is 9.10. The third-order valence-corrected chi connectivity index (χ3v) is 3.83. The van der Waals surface area contributed by atoms with E-state index in [0.717, 1.165) is 39.4 Å². The molecule has 0 saturated heterocycles. The molecule has 4 nitrogen and oxygen atoms in total. The van der Waals surface area contributed by atoms with Crippen LogP contribution in [0.1, 0.15) is 19.2 Å². The second kappa shape index (κ2) is 5.93. The van der Waals surface area contributed by atoms with Crippen LogP contribution >= 0.6 is 27.7 Å². The number of halogens is 1. The Hall–Kier alpha value is -1.40. The Labute approximate surface area is 129 Å². The first-order chi connectivity index (χ1) is 9.74. The number of aryl methyl sites for hydroxylation is 1. The van der Waals surface area contributed by atoms with E-state index < -0.39 is 0 Å². The van der Waals surface area contributed by atoms with Crippen LogP contribution in [0.3, 0.4) is 0 Å². The van der Waals surface area contributed by atoms with Crippen molar-refractivity contribution in [3.8, 4) is 0 Å². The van der Waals surface area contributed by atoms with Gasteiger partial charge in [-0.1, -0.05) is 19.1 Å². The summed E-state index contributed by atoms with van der Waals surface area (Å²) in [6, 6.07) is 9.59. The predicted molar refractivity (Wildman–Crippen MR) is 81.9 cm³/mol. The van der Waals surface area contributed by atoms with E-state index in [-0.39, 0.29) is 0 Å². The lowest BCUT2D eigenvalue weighted by molar-refractivity contribution is 0.489. The number of oxazole rings is 1. The second-order valence-corrected chi connectivity index (χ2v) is 6.03. The van der Waals surface area contributed by atoms with Crippen molar-refractivity contribution < 1.29 is 4.42 Å². The predicted octanol–water partition coefficient (Wildman–Crippen LogP) is 4.48. The Kier molecular flexibility index (Phi) is 4.03. The molecule has 6 heteroatoms. The van der Waals surface area contributed by atoms with E-state index in [1.807, 2.05) is 30.3 Å². The van der Waals surface area contributed by atoms with Gasteiger partial charge in [-0.2, -0.15) is 0 Å². The van der Waals surface area contributed by atoms with Crippen LogP contribution in [-0.4, -0.2) is 15.0 Å². The lowest BCUT2D eigenvalue weighted by Crippen LogP contribution is -1.96. The molecule has 0 amide bonds. The lowest BCUT2D eigenvalue weighted by atomic mass is 10.3. The maximum absolute atomic E-state index is 5.69. The zero-order valence-electron chi connectivity index (χ0n) is 10.8. The molecule has 0 N–H and O–H groups in total. The third kappa shape index (κ3) is 3.02. The number of benzene rings is 1. The normalized spacial score (nSPS) is 11.1. The maximum atomic E-state index is 5.69. The standard InChI is InChI=1S/C14H12BrN3OS/c1-2-5-12-17-11(15)8-13(18-12)20-14-16-9-6-3-4-7-10(9)19-14/h3-4,6-8H,2,5H2,1H3. The monoisotopic (exact) mass is 349 g/mol.